The number of aryl methyl sites for hydroxylation is 1. The number of carbonyl (C=O) groups excluding carboxylic acids is 1. The normalized spacial score (nSPS) is 16.5. The van der Waals surface area contributed by atoms with Crippen molar-refractivity contribution in [2.45, 2.75) is 24.3 Å². The Kier molecular flexibility index (Phi) is 4.86. The summed E-state index contributed by atoms with van der Waals surface area (Å²) < 4.78 is 19.0. The molecule has 0 bridgehead atoms. The minimum atomic E-state index is -0.276. The molecule has 0 aliphatic carbocycles. The fourth-order valence-corrected chi connectivity index (χ4v) is 3.72. The van der Waals surface area contributed by atoms with E-state index in [1.807, 2.05) is 31.2 Å². The Morgan fingerprint density at radius 2 is 2.17 bits per heavy atom. The van der Waals surface area contributed by atoms with Crippen LogP contribution in [0.1, 0.15) is 23.6 Å². The molecule has 1 amide bonds. The van der Waals surface area contributed by atoms with Gasteiger partial charge in [0.15, 0.2) is 6.61 Å². The molecule has 0 saturated heterocycles. The molecule has 0 radical (unpaired) electrons. The molecule has 1 N–H and O–H groups in total. The van der Waals surface area contributed by atoms with Crippen molar-refractivity contribution in [3.05, 3.63) is 59.4 Å². The second-order valence-electron chi connectivity index (χ2n) is 5.49. The first-order valence-electron chi connectivity index (χ1n) is 7.53. The average molecular weight is 331 g/mol. The summed E-state index contributed by atoms with van der Waals surface area (Å²) in [5.41, 5.74) is 1.84. The number of halogens is 1. The standard InChI is InChI=1S/C18H18FNO2S/c1-12-4-2-3-5-16(12)22-11-18(21)20-15-8-9-23-17-7-6-13(19)10-14(15)17/h2-7,10,15H,8-9,11H2,1H3,(H,20,21). The summed E-state index contributed by atoms with van der Waals surface area (Å²) in [5.74, 6) is 1.14. The van der Waals surface area contributed by atoms with E-state index in [1.54, 1.807) is 17.8 Å². The molecule has 2 aromatic rings. The molecular weight excluding hydrogens is 313 g/mol. The number of amides is 1. The van der Waals surface area contributed by atoms with Crippen LogP contribution in [-0.4, -0.2) is 18.3 Å². The second-order valence-corrected chi connectivity index (χ2v) is 6.63. The fraction of sp³-hybridized carbons (Fsp3) is 0.278. The van der Waals surface area contributed by atoms with Gasteiger partial charge < -0.3 is 10.1 Å². The predicted octanol–water partition coefficient (Wildman–Crippen LogP) is 3.87. The van der Waals surface area contributed by atoms with Crippen LogP contribution in [0.4, 0.5) is 4.39 Å². The van der Waals surface area contributed by atoms with Gasteiger partial charge >= 0.3 is 0 Å². The van der Waals surface area contributed by atoms with Crippen LogP contribution in [0.25, 0.3) is 0 Å². The van der Waals surface area contributed by atoms with Gasteiger partial charge in [-0.25, -0.2) is 4.39 Å². The molecule has 0 aromatic heterocycles. The third kappa shape index (κ3) is 3.85. The number of thioether (sulfide) groups is 1. The van der Waals surface area contributed by atoms with Crippen LogP contribution < -0.4 is 10.1 Å². The van der Waals surface area contributed by atoms with Crippen LogP contribution in [0.3, 0.4) is 0 Å². The van der Waals surface area contributed by atoms with Crippen molar-refractivity contribution >= 4 is 17.7 Å². The summed E-state index contributed by atoms with van der Waals surface area (Å²) in [6.45, 7) is 1.89. The van der Waals surface area contributed by atoms with Gasteiger partial charge in [-0.1, -0.05) is 18.2 Å². The van der Waals surface area contributed by atoms with Gasteiger partial charge in [-0.2, -0.15) is 0 Å². The zero-order valence-electron chi connectivity index (χ0n) is 12.8. The van der Waals surface area contributed by atoms with Crippen molar-refractivity contribution < 1.29 is 13.9 Å². The SMILES string of the molecule is Cc1ccccc1OCC(=O)NC1CCSc2ccc(F)cc21. The minimum Gasteiger partial charge on any atom is -0.484 e. The molecule has 1 atom stereocenters. The van der Waals surface area contributed by atoms with Crippen molar-refractivity contribution in [1.82, 2.24) is 5.32 Å². The maximum absolute atomic E-state index is 13.5. The van der Waals surface area contributed by atoms with Gasteiger partial charge in [0.25, 0.3) is 5.91 Å². The van der Waals surface area contributed by atoms with E-state index in [1.165, 1.54) is 12.1 Å². The lowest BCUT2D eigenvalue weighted by atomic mass is 10.0. The Bertz CT molecular complexity index is 720. The molecule has 120 valence electrons. The van der Waals surface area contributed by atoms with Crippen molar-refractivity contribution in [2.24, 2.45) is 0 Å². The first-order valence-corrected chi connectivity index (χ1v) is 8.52. The van der Waals surface area contributed by atoms with Crippen molar-refractivity contribution in [2.75, 3.05) is 12.4 Å². The topological polar surface area (TPSA) is 38.3 Å². The highest BCUT2D eigenvalue weighted by molar-refractivity contribution is 7.99. The van der Waals surface area contributed by atoms with Crippen molar-refractivity contribution in [3.8, 4) is 5.75 Å². The van der Waals surface area contributed by atoms with Gasteiger partial charge in [-0.05, 0) is 48.7 Å². The molecule has 0 spiro atoms. The number of hydrogen-bond donors (Lipinski definition) is 1. The van der Waals surface area contributed by atoms with E-state index in [2.05, 4.69) is 5.32 Å². The van der Waals surface area contributed by atoms with E-state index >= 15 is 0 Å². The summed E-state index contributed by atoms with van der Waals surface area (Å²) in [6, 6.07) is 12.2. The van der Waals surface area contributed by atoms with Crippen LogP contribution in [0.2, 0.25) is 0 Å². The molecule has 1 heterocycles. The highest BCUT2D eigenvalue weighted by Gasteiger charge is 2.23. The lowest BCUT2D eigenvalue weighted by Gasteiger charge is -2.26. The molecule has 0 saturated carbocycles. The Labute approximate surface area is 139 Å². The van der Waals surface area contributed by atoms with Gasteiger partial charge in [0, 0.05) is 10.6 Å². The van der Waals surface area contributed by atoms with E-state index < -0.39 is 0 Å². The number of rotatable bonds is 4. The summed E-state index contributed by atoms with van der Waals surface area (Å²) in [5, 5.41) is 2.95. The van der Waals surface area contributed by atoms with Crippen molar-refractivity contribution in [1.29, 1.82) is 0 Å². The highest BCUT2D eigenvalue weighted by Crippen LogP contribution is 2.36. The van der Waals surface area contributed by atoms with Crippen LogP contribution in [-0.2, 0) is 4.79 Å². The van der Waals surface area contributed by atoms with Gasteiger partial charge in [-0.15, -0.1) is 11.8 Å². The third-order valence-corrected chi connectivity index (χ3v) is 4.92. The van der Waals surface area contributed by atoms with Crippen LogP contribution >= 0.6 is 11.8 Å². The van der Waals surface area contributed by atoms with Gasteiger partial charge in [0.1, 0.15) is 11.6 Å². The van der Waals surface area contributed by atoms with Crippen LogP contribution in [0.5, 0.6) is 5.75 Å². The first-order chi connectivity index (χ1) is 11.1. The van der Waals surface area contributed by atoms with Crippen molar-refractivity contribution in [3.63, 3.8) is 0 Å². The second kappa shape index (κ2) is 7.04. The third-order valence-electron chi connectivity index (χ3n) is 3.80. The highest BCUT2D eigenvalue weighted by atomic mass is 32.2. The van der Waals surface area contributed by atoms with Gasteiger partial charge in [-0.3, -0.25) is 4.79 Å². The molecule has 0 fully saturated rings. The van der Waals surface area contributed by atoms with E-state index in [9.17, 15) is 9.18 Å². The molecule has 3 rings (SSSR count). The number of nitrogens with one attached hydrogen (secondary N) is 1. The molecule has 1 unspecified atom stereocenters. The minimum absolute atomic E-state index is 0.0425. The number of carbonyl (C=O) groups is 1. The molecule has 5 heteroatoms. The quantitative estimate of drug-likeness (QED) is 0.924. The van der Waals surface area contributed by atoms with E-state index in [0.29, 0.717) is 5.75 Å². The maximum Gasteiger partial charge on any atom is 0.258 e. The largest absolute Gasteiger partial charge is 0.484 e. The van der Waals surface area contributed by atoms with Gasteiger partial charge in [0.2, 0.25) is 0 Å². The first kappa shape index (κ1) is 15.9. The lowest BCUT2D eigenvalue weighted by molar-refractivity contribution is -0.123. The monoisotopic (exact) mass is 331 g/mol. The summed E-state index contributed by atoms with van der Waals surface area (Å²) in [6.07, 6.45) is 0.789. The van der Waals surface area contributed by atoms with E-state index in [4.69, 9.17) is 4.74 Å². The van der Waals surface area contributed by atoms with Gasteiger partial charge in [0.05, 0.1) is 6.04 Å². The Morgan fingerprint density at radius 3 is 3.00 bits per heavy atom. The maximum atomic E-state index is 13.5. The summed E-state index contributed by atoms with van der Waals surface area (Å²) in [7, 11) is 0. The number of hydrogen-bond acceptors (Lipinski definition) is 3. The lowest BCUT2D eigenvalue weighted by Crippen LogP contribution is -2.34. The Hall–Kier alpha value is -2.01. The zero-order chi connectivity index (χ0) is 16.2. The molecule has 1 aliphatic heterocycles. The van der Waals surface area contributed by atoms with Crippen LogP contribution in [0, 0.1) is 12.7 Å². The average Bonchev–Trinajstić information content (AvgIpc) is 2.55. The number of ether oxygens (including phenoxy) is 1. The van der Waals surface area contributed by atoms with E-state index in [0.717, 1.165) is 28.2 Å². The number of para-hydroxylation sites is 1. The van der Waals surface area contributed by atoms with E-state index in [-0.39, 0.29) is 24.4 Å². The predicted molar refractivity (Wildman–Crippen MR) is 89.3 cm³/mol. The van der Waals surface area contributed by atoms with Crippen LogP contribution in [0.15, 0.2) is 47.4 Å². The molecule has 23 heavy (non-hydrogen) atoms. The fourth-order valence-electron chi connectivity index (χ4n) is 2.61. The number of benzene rings is 2. The summed E-state index contributed by atoms with van der Waals surface area (Å²) >= 11 is 1.69. The molecule has 2 aromatic carbocycles. The molecule has 1 aliphatic rings. The zero-order valence-corrected chi connectivity index (χ0v) is 13.7. The summed E-state index contributed by atoms with van der Waals surface area (Å²) in [4.78, 5) is 13.2. The molecular formula is C18H18FNO2S. The number of fused-ring (bicyclic) bond motifs is 1. The Balaban J connectivity index is 1.63. The smallest absolute Gasteiger partial charge is 0.258 e. The molecule has 3 nitrogen and oxygen atoms in total. The Morgan fingerprint density at radius 1 is 1.35 bits per heavy atom.